The van der Waals surface area contributed by atoms with Crippen LogP contribution >= 0.6 is 0 Å². The number of primary amides is 1. The van der Waals surface area contributed by atoms with E-state index in [0.717, 1.165) is 0 Å². The molecular weight excluding hydrogens is 208 g/mol. The molecule has 5 heteroatoms. The molecule has 0 radical (unpaired) electrons. The Bertz CT molecular complexity index is 402. The predicted molar refractivity (Wildman–Crippen MR) is 59.1 cm³/mol. The van der Waals surface area contributed by atoms with E-state index in [-0.39, 0.29) is 18.1 Å². The summed E-state index contributed by atoms with van der Waals surface area (Å²) in [5, 5.41) is 0. The van der Waals surface area contributed by atoms with Crippen molar-refractivity contribution in [3.05, 3.63) is 29.8 Å². The van der Waals surface area contributed by atoms with Crippen LogP contribution in [-0.2, 0) is 4.79 Å². The number of hydrogen-bond donors (Lipinski definition) is 1. The highest BCUT2D eigenvalue weighted by Crippen LogP contribution is 2.16. The highest BCUT2D eigenvalue weighted by molar-refractivity contribution is 5.95. The molecule has 0 unspecified atom stereocenters. The van der Waals surface area contributed by atoms with Crippen LogP contribution in [0.2, 0.25) is 0 Å². The largest absolute Gasteiger partial charge is 0.483 e. The summed E-state index contributed by atoms with van der Waals surface area (Å²) in [6, 6.07) is 6.55. The van der Waals surface area contributed by atoms with E-state index in [0.29, 0.717) is 5.75 Å². The predicted octanol–water partition coefficient (Wildman–Crippen LogP) is 0.253. The minimum Gasteiger partial charge on any atom is -0.483 e. The molecule has 2 amide bonds. The lowest BCUT2D eigenvalue weighted by Crippen LogP contribution is -2.28. The van der Waals surface area contributed by atoms with Crippen molar-refractivity contribution in [2.75, 3.05) is 20.7 Å². The molecule has 1 aromatic rings. The van der Waals surface area contributed by atoms with Crippen LogP contribution in [0.25, 0.3) is 0 Å². The SMILES string of the molecule is CN(C)C(=O)COc1ccccc1C(N)=O. The summed E-state index contributed by atoms with van der Waals surface area (Å²) in [6.45, 7) is -0.114. The van der Waals surface area contributed by atoms with Crippen molar-refractivity contribution in [3.63, 3.8) is 0 Å². The number of carbonyl (C=O) groups excluding carboxylic acids is 2. The van der Waals surface area contributed by atoms with Gasteiger partial charge in [-0.05, 0) is 12.1 Å². The van der Waals surface area contributed by atoms with Crippen LogP contribution in [0.1, 0.15) is 10.4 Å². The van der Waals surface area contributed by atoms with Crippen molar-refractivity contribution in [1.82, 2.24) is 4.90 Å². The van der Waals surface area contributed by atoms with Crippen LogP contribution in [0, 0.1) is 0 Å². The summed E-state index contributed by atoms with van der Waals surface area (Å²) in [5.74, 6) is -0.433. The van der Waals surface area contributed by atoms with Crippen LogP contribution in [0.5, 0.6) is 5.75 Å². The van der Waals surface area contributed by atoms with Gasteiger partial charge < -0.3 is 15.4 Å². The van der Waals surface area contributed by atoms with Gasteiger partial charge in [0.25, 0.3) is 11.8 Å². The van der Waals surface area contributed by atoms with Gasteiger partial charge in [0.15, 0.2) is 6.61 Å². The maximum atomic E-state index is 11.3. The second-order valence-electron chi connectivity index (χ2n) is 3.44. The third-order valence-electron chi connectivity index (χ3n) is 2.00. The molecule has 1 rings (SSSR count). The molecule has 0 fully saturated rings. The van der Waals surface area contributed by atoms with E-state index in [9.17, 15) is 9.59 Å². The molecule has 86 valence electrons. The van der Waals surface area contributed by atoms with Gasteiger partial charge in [-0.1, -0.05) is 12.1 Å². The first-order chi connectivity index (χ1) is 7.52. The number of rotatable bonds is 4. The summed E-state index contributed by atoms with van der Waals surface area (Å²) in [5.41, 5.74) is 5.44. The van der Waals surface area contributed by atoms with Gasteiger partial charge in [-0.3, -0.25) is 9.59 Å². The van der Waals surface area contributed by atoms with Crippen LogP contribution in [0.15, 0.2) is 24.3 Å². The lowest BCUT2D eigenvalue weighted by molar-refractivity contribution is -0.130. The number of para-hydroxylation sites is 1. The Hall–Kier alpha value is -2.04. The topological polar surface area (TPSA) is 72.6 Å². The number of likely N-dealkylation sites (N-methyl/N-ethyl adjacent to an activating group) is 1. The monoisotopic (exact) mass is 222 g/mol. The summed E-state index contributed by atoms with van der Waals surface area (Å²) >= 11 is 0. The molecule has 0 aromatic heterocycles. The van der Waals surface area contributed by atoms with Crippen molar-refractivity contribution in [2.24, 2.45) is 5.73 Å². The van der Waals surface area contributed by atoms with Gasteiger partial charge in [0.2, 0.25) is 0 Å². The first kappa shape index (κ1) is 12.0. The number of amides is 2. The van der Waals surface area contributed by atoms with Crippen LogP contribution < -0.4 is 10.5 Å². The molecule has 2 N–H and O–H groups in total. The maximum Gasteiger partial charge on any atom is 0.259 e. The second kappa shape index (κ2) is 5.16. The smallest absolute Gasteiger partial charge is 0.259 e. The Labute approximate surface area is 93.8 Å². The molecule has 0 aliphatic heterocycles. The molecule has 0 saturated heterocycles. The molecule has 0 spiro atoms. The first-order valence-corrected chi connectivity index (χ1v) is 4.74. The number of carbonyl (C=O) groups is 2. The number of nitrogens with two attached hydrogens (primary N) is 1. The number of benzene rings is 1. The summed E-state index contributed by atoms with van der Waals surface area (Å²) in [4.78, 5) is 23.7. The van der Waals surface area contributed by atoms with Crippen molar-refractivity contribution in [1.29, 1.82) is 0 Å². The van der Waals surface area contributed by atoms with Gasteiger partial charge >= 0.3 is 0 Å². The van der Waals surface area contributed by atoms with E-state index in [2.05, 4.69) is 0 Å². The first-order valence-electron chi connectivity index (χ1n) is 4.74. The molecular formula is C11H14N2O3. The Balaban J connectivity index is 2.74. The van der Waals surface area contributed by atoms with Crippen molar-refractivity contribution in [2.45, 2.75) is 0 Å². The average Bonchev–Trinajstić information content (AvgIpc) is 2.25. The Morgan fingerprint density at radius 2 is 1.94 bits per heavy atom. The normalized spacial score (nSPS) is 9.62. The molecule has 0 atom stereocenters. The molecule has 5 nitrogen and oxygen atoms in total. The fourth-order valence-corrected chi connectivity index (χ4v) is 1.06. The van der Waals surface area contributed by atoms with Crippen LogP contribution in [-0.4, -0.2) is 37.4 Å². The minimum absolute atomic E-state index is 0.114. The molecule has 0 bridgehead atoms. The lowest BCUT2D eigenvalue weighted by Gasteiger charge is -2.12. The highest BCUT2D eigenvalue weighted by atomic mass is 16.5. The Kier molecular flexibility index (Phi) is 3.88. The van der Waals surface area contributed by atoms with Gasteiger partial charge in [0.05, 0.1) is 5.56 Å². The molecule has 0 aliphatic carbocycles. The van der Waals surface area contributed by atoms with E-state index < -0.39 is 5.91 Å². The highest BCUT2D eigenvalue weighted by Gasteiger charge is 2.10. The van der Waals surface area contributed by atoms with E-state index >= 15 is 0 Å². The van der Waals surface area contributed by atoms with E-state index in [1.165, 1.54) is 4.90 Å². The number of ether oxygens (including phenoxy) is 1. The summed E-state index contributed by atoms with van der Waals surface area (Å²) in [6.07, 6.45) is 0. The van der Waals surface area contributed by atoms with Crippen LogP contribution in [0.4, 0.5) is 0 Å². The van der Waals surface area contributed by atoms with Crippen LogP contribution in [0.3, 0.4) is 0 Å². The standard InChI is InChI=1S/C11H14N2O3/c1-13(2)10(14)7-16-9-6-4-3-5-8(9)11(12)15/h3-6H,7H2,1-2H3,(H2,12,15). The number of nitrogens with zero attached hydrogens (tertiary/aromatic N) is 1. The molecule has 16 heavy (non-hydrogen) atoms. The molecule has 0 aliphatic rings. The van der Waals surface area contributed by atoms with E-state index in [4.69, 9.17) is 10.5 Å². The van der Waals surface area contributed by atoms with Gasteiger partial charge in [0, 0.05) is 14.1 Å². The zero-order chi connectivity index (χ0) is 12.1. The van der Waals surface area contributed by atoms with E-state index in [1.54, 1.807) is 38.4 Å². The average molecular weight is 222 g/mol. The zero-order valence-corrected chi connectivity index (χ0v) is 9.27. The van der Waals surface area contributed by atoms with Gasteiger partial charge in [-0.2, -0.15) is 0 Å². The molecule has 0 heterocycles. The second-order valence-corrected chi connectivity index (χ2v) is 3.44. The fraction of sp³-hybridized carbons (Fsp3) is 0.273. The third-order valence-corrected chi connectivity index (χ3v) is 2.00. The van der Waals surface area contributed by atoms with Gasteiger partial charge in [-0.15, -0.1) is 0 Å². The Morgan fingerprint density at radius 3 is 2.50 bits per heavy atom. The summed E-state index contributed by atoms with van der Waals surface area (Å²) in [7, 11) is 3.26. The summed E-state index contributed by atoms with van der Waals surface area (Å²) < 4.78 is 5.23. The van der Waals surface area contributed by atoms with Gasteiger partial charge in [0.1, 0.15) is 5.75 Å². The zero-order valence-electron chi connectivity index (χ0n) is 9.27. The Morgan fingerprint density at radius 1 is 1.31 bits per heavy atom. The van der Waals surface area contributed by atoms with Gasteiger partial charge in [-0.25, -0.2) is 0 Å². The fourth-order valence-electron chi connectivity index (χ4n) is 1.06. The lowest BCUT2D eigenvalue weighted by atomic mass is 10.2. The maximum absolute atomic E-state index is 11.3. The number of hydrogen-bond acceptors (Lipinski definition) is 3. The van der Waals surface area contributed by atoms with Crippen molar-refractivity contribution < 1.29 is 14.3 Å². The quantitative estimate of drug-likeness (QED) is 0.793. The van der Waals surface area contributed by atoms with E-state index in [1.807, 2.05) is 0 Å². The van der Waals surface area contributed by atoms with Crippen molar-refractivity contribution in [3.8, 4) is 5.75 Å². The minimum atomic E-state index is -0.576. The third kappa shape index (κ3) is 2.98. The van der Waals surface area contributed by atoms with Crippen molar-refractivity contribution >= 4 is 11.8 Å². The molecule has 0 saturated carbocycles. The molecule has 1 aromatic carbocycles.